The van der Waals surface area contributed by atoms with Crippen molar-refractivity contribution in [2.24, 2.45) is 0 Å². The SMILES string of the molecule is CCCCOc1ccc(C(=O)Nc2c(F)cccc2N2CCCC2)cc1. The summed E-state index contributed by atoms with van der Waals surface area (Å²) < 4.78 is 20.0. The Kier molecular flexibility index (Phi) is 6.10. The van der Waals surface area contributed by atoms with E-state index in [-0.39, 0.29) is 11.6 Å². The molecule has 1 aliphatic heterocycles. The van der Waals surface area contributed by atoms with Crippen LogP contribution >= 0.6 is 0 Å². The van der Waals surface area contributed by atoms with Gasteiger partial charge in [-0.25, -0.2) is 4.39 Å². The van der Waals surface area contributed by atoms with Crippen molar-refractivity contribution in [3.8, 4) is 5.75 Å². The standard InChI is InChI=1S/C21H25FN2O2/c1-2-3-15-26-17-11-9-16(10-12-17)21(25)23-20-18(22)7-6-8-19(20)24-13-4-5-14-24/h6-12H,2-5,13-15H2,1H3,(H,23,25). The zero-order valence-corrected chi connectivity index (χ0v) is 15.1. The number of benzene rings is 2. The summed E-state index contributed by atoms with van der Waals surface area (Å²) in [5.41, 5.74) is 1.47. The minimum atomic E-state index is -0.415. The van der Waals surface area contributed by atoms with Crippen molar-refractivity contribution in [2.45, 2.75) is 32.6 Å². The molecule has 4 nitrogen and oxygen atoms in total. The third kappa shape index (κ3) is 4.34. The second-order valence-electron chi connectivity index (χ2n) is 6.51. The first kappa shape index (κ1) is 18.2. The topological polar surface area (TPSA) is 41.6 Å². The Morgan fingerprint density at radius 1 is 1.15 bits per heavy atom. The van der Waals surface area contributed by atoms with Gasteiger partial charge in [0.25, 0.3) is 5.91 Å². The van der Waals surface area contributed by atoms with Gasteiger partial charge in [-0.1, -0.05) is 19.4 Å². The molecule has 0 bridgehead atoms. The van der Waals surface area contributed by atoms with Crippen LogP contribution in [0, 0.1) is 5.82 Å². The van der Waals surface area contributed by atoms with Crippen LogP contribution in [0.4, 0.5) is 15.8 Å². The van der Waals surface area contributed by atoms with Crippen LogP contribution in [0.15, 0.2) is 42.5 Å². The van der Waals surface area contributed by atoms with Gasteiger partial charge in [0.1, 0.15) is 17.3 Å². The highest BCUT2D eigenvalue weighted by Gasteiger charge is 2.20. The summed E-state index contributed by atoms with van der Waals surface area (Å²) in [5.74, 6) is -0.00317. The number of para-hydroxylation sites is 1. The summed E-state index contributed by atoms with van der Waals surface area (Å²) in [5, 5.41) is 2.75. The molecule has 0 aromatic heterocycles. The Morgan fingerprint density at radius 3 is 2.58 bits per heavy atom. The number of carbonyl (C=O) groups is 1. The monoisotopic (exact) mass is 356 g/mol. The average molecular weight is 356 g/mol. The van der Waals surface area contributed by atoms with Crippen molar-refractivity contribution in [1.82, 2.24) is 0 Å². The number of carbonyl (C=O) groups excluding carboxylic acids is 1. The molecule has 0 saturated carbocycles. The lowest BCUT2D eigenvalue weighted by molar-refractivity contribution is 0.102. The number of anilines is 2. The Hall–Kier alpha value is -2.56. The van der Waals surface area contributed by atoms with Gasteiger partial charge in [0.05, 0.1) is 12.3 Å². The maximum absolute atomic E-state index is 14.4. The van der Waals surface area contributed by atoms with Gasteiger partial charge in [-0.2, -0.15) is 0 Å². The van der Waals surface area contributed by atoms with E-state index in [1.165, 1.54) is 6.07 Å². The Morgan fingerprint density at radius 2 is 1.88 bits per heavy atom. The molecule has 0 atom stereocenters. The van der Waals surface area contributed by atoms with E-state index in [1.54, 1.807) is 30.3 Å². The summed E-state index contributed by atoms with van der Waals surface area (Å²) in [4.78, 5) is 14.7. The number of hydrogen-bond acceptors (Lipinski definition) is 3. The molecule has 0 radical (unpaired) electrons. The zero-order chi connectivity index (χ0) is 18.4. The van der Waals surface area contributed by atoms with Gasteiger partial charge in [-0.05, 0) is 55.7 Å². The highest BCUT2D eigenvalue weighted by atomic mass is 19.1. The number of nitrogens with zero attached hydrogens (tertiary/aromatic N) is 1. The molecule has 1 N–H and O–H groups in total. The van der Waals surface area contributed by atoms with E-state index >= 15 is 0 Å². The fraction of sp³-hybridized carbons (Fsp3) is 0.381. The molecule has 1 saturated heterocycles. The average Bonchev–Trinajstić information content (AvgIpc) is 3.18. The Labute approximate surface area is 154 Å². The molecular formula is C21H25FN2O2. The molecule has 3 rings (SSSR count). The maximum Gasteiger partial charge on any atom is 0.255 e. The summed E-state index contributed by atoms with van der Waals surface area (Å²) in [6, 6.07) is 11.9. The number of rotatable bonds is 7. The highest BCUT2D eigenvalue weighted by molar-refractivity contribution is 6.06. The van der Waals surface area contributed by atoms with Crippen LogP contribution in [0.25, 0.3) is 0 Å². The third-order valence-electron chi connectivity index (χ3n) is 4.56. The largest absolute Gasteiger partial charge is 0.494 e. The summed E-state index contributed by atoms with van der Waals surface area (Å²) in [6.07, 6.45) is 4.24. The number of amides is 1. The first-order chi connectivity index (χ1) is 12.7. The second kappa shape index (κ2) is 8.70. The Bertz CT molecular complexity index is 740. The normalized spacial score (nSPS) is 13.7. The molecule has 1 amide bonds. The molecule has 1 heterocycles. The van der Waals surface area contributed by atoms with Gasteiger partial charge in [0, 0.05) is 18.7 Å². The molecular weight excluding hydrogens is 331 g/mol. The van der Waals surface area contributed by atoms with Crippen LogP contribution in [-0.2, 0) is 0 Å². The molecule has 26 heavy (non-hydrogen) atoms. The van der Waals surface area contributed by atoms with E-state index in [4.69, 9.17) is 4.74 Å². The smallest absolute Gasteiger partial charge is 0.255 e. The minimum absolute atomic E-state index is 0.252. The van der Waals surface area contributed by atoms with Gasteiger partial charge in [0.2, 0.25) is 0 Å². The number of unbranched alkanes of at least 4 members (excludes halogenated alkanes) is 1. The van der Waals surface area contributed by atoms with Gasteiger partial charge >= 0.3 is 0 Å². The van der Waals surface area contributed by atoms with Gasteiger partial charge in [0.15, 0.2) is 0 Å². The molecule has 0 aliphatic carbocycles. The maximum atomic E-state index is 14.4. The van der Waals surface area contributed by atoms with Gasteiger partial charge < -0.3 is 15.0 Å². The molecule has 1 fully saturated rings. The molecule has 5 heteroatoms. The van der Waals surface area contributed by atoms with Crippen molar-refractivity contribution in [3.05, 3.63) is 53.8 Å². The fourth-order valence-corrected chi connectivity index (χ4v) is 3.08. The van der Waals surface area contributed by atoms with Crippen molar-refractivity contribution in [3.63, 3.8) is 0 Å². The lowest BCUT2D eigenvalue weighted by Gasteiger charge is -2.22. The zero-order valence-electron chi connectivity index (χ0n) is 15.1. The van der Waals surface area contributed by atoms with Crippen LogP contribution in [0.3, 0.4) is 0 Å². The van der Waals surface area contributed by atoms with Crippen LogP contribution < -0.4 is 15.0 Å². The highest BCUT2D eigenvalue weighted by Crippen LogP contribution is 2.31. The van der Waals surface area contributed by atoms with Crippen molar-refractivity contribution in [2.75, 3.05) is 29.9 Å². The number of ether oxygens (including phenoxy) is 1. The molecule has 2 aromatic carbocycles. The van der Waals surface area contributed by atoms with Crippen LogP contribution in [0.2, 0.25) is 0 Å². The lowest BCUT2D eigenvalue weighted by Crippen LogP contribution is -2.22. The van der Waals surface area contributed by atoms with Crippen molar-refractivity contribution >= 4 is 17.3 Å². The molecule has 1 aliphatic rings. The second-order valence-corrected chi connectivity index (χ2v) is 6.51. The van der Waals surface area contributed by atoms with Crippen LogP contribution in [0.1, 0.15) is 43.0 Å². The fourth-order valence-electron chi connectivity index (χ4n) is 3.08. The predicted molar refractivity (Wildman–Crippen MR) is 103 cm³/mol. The number of nitrogens with one attached hydrogen (secondary N) is 1. The number of halogens is 1. The van der Waals surface area contributed by atoms with E-state index in [9.17, 15) is 9.18 Å². The van der Waals surface area contributed by atoms with E-state index in [0.29, 0.717) is 12.2 Å². The lowest BCUT2D eigenvalue weighted by atomic mass is 10.1. The van der Waals surface area contributed by atoms with E-state index in [0.717, 1.165) is 50.2 Å². The van der Waals surface area contributed by atoms with Crippen LogP contribution in [0.5, 0.6) is 5.75 Å². The van der Waals surface area contributed by atoms with Crippen molar-refractivity contribution in [1.29, 1.82) is 0 Å². The summed E-state index contributed by atoms with van der Waals surface area (Å²) in [6.45, 7) is 4.54. The molecule has 138 valence electrons. The molecule has 0 spiro atoms. The summed E-state index contributed by atoms with van der Waals surface area (Å²) >= 11 is 0. The molecule has 2 aromatic rings. The quantitative estimate of drug-likeness (QED) is 0.721. The number of hydrogen-bond donors (Lipinski definition) is 1. The van der Waals surface area contributed by atoms with Gasteiger partial charge in [-0.15, -0.1) is 0 Å². The molecule has 0 unspecified atom stereocenters. The first-order valence-electron chi connectivity index (χ1n) is 9.26. The minimum Gasteiger partial charge on any atom is -0.494 e. The van der Waals surface area contributed by atoms with Crippen LogP contribution in [-0.4, -0.2) is 25.6 Å². The van der Waals surface area contributed by atoms with E-state index < -0.39 is 5.82 Å². The Balaban J connectivity index is 1.71. The first-order valence-corrected chi connectivity index (χ1v) is 9.26. The van der Waals surface area contributed by atoms with E-state index in [1.807, 2.05) is 6.07 Å². The van der Waals surface area contributed by atoms with Crippen molar-refractivity contribution < 1.29 is 13.9 Å². The van der Waals surface area contributed by atoms with Gasteiger partial charge in [-0.3, -0.25) is 4.79 Å². The van der Waals surface area contributed by atoms with E-state index in [2.05, 4.69) is 17.1 Å². The third-order valence-corrected chi connectivity index (χ3v) is 4.56. The predicted octanol–water partition coefficient (Wildman–Crippen LogP) is 4.86. The summed E-state index contributed by atoms with van der Waals surface area (Å²) in [7, 11) is 0.